The van der Waals surface area contributed by atoms with Gasteiger partial charge in [-0.1, -0.05) is 55.3 Å². The number of nitrogens with zero attached hydrogens (tertiary/aromatic N) is 3. The van der Waals surface area contributed by atoms with Crippen LogP contribution in [0.5, 0.6) is 0 Å². The lowest BCUT2D eigenvalue weighted by Gasteiger charge is -2.42. The second kappa shape index (κ2) is 8.99. The molecule has 1 fully saturated rings. The van der Waals surface area contributed by atoms with E-state index in [9.17, 15) is 0 Å². The molecule has 2 aromatic carbocycles. The molecule has 4 rings (SSSR count). The number of hydrogen-bond donors (Lipinski definition) is 0. The van der Waals surface area contributed by atoms with Crippen molar-refractivity contribution in [2.45, 2.75) is 51.5 Å². The number of amidine groups is 2. The van der Waals surface area contributed by atoms with Crippen LogP contribution in [0.25, 0.3) is 0 Å². The van der Waals surface area contributed by atoms with Crippen LogP contribution in [0.1, 0.15) is 43.2 Å². The summed E-state index contributed by atoms with van der Waals surface area (Å²) in [7, 11) is 0. The van der Waals surface area contributed by atoms with Crippen LogP contribution in [-0.2, 0) is 0 Å². The minimum absolute atomic E-state index is 0. The molecule has 5 heteroatoms. The molecule has 0 N–H and O–H groups in total. The summed E-state index contributed by atoms with van der Waals surface area (Å²) in [5.41, 5.74) is 4.64. The Morgan fingerprint density at radius 1 is 0.964 bits per heavy atom. The maximum absolute atomic E-state index is 5.07. The van der Waals surface area contributed by atoms with Crippen molar-refractivity contribution in [1.82, 2.24) is 0 Å². The lowest BCUT2D eigenvalue weighted by molar-refractivity contribution is 0.385. The van der Waals surface area contributed by atoms with E-state index in [-0.39, 0.29) is 29.5 Å². The maximum atomic E-state index is 5.07. The Bertz CT molecular complexity index is 900. The summed E-state index contributed by atoms with van der Waals surface area (Å²) < 4.78 is 0. The van der Waals surface area contributed by atoms with Crippen LogP contribution in [0, 0.1) is 13.8 Å². The average Bonchev–Trinajstić information content (AvgIpc) is 2.95. The van der Waals surface area contributed by atoms with Gasteiger partial charge in [-0.25, -0.2) is 9.98 Å². The largest absolute Gasteiger partial charge is 0.307 e. The molecule has 2 aromatic rings. The molecule has 0 atom stereocenters. The molecule has 148 valence electrons. The van der Waals surface area contributed by atoms with Gasteiger partial charge in [-0.05, 0) is 68.3 Å². The summed E-state index contributed by atoms with van der Waals surface area (Å²) in [6.45, 7) is 4.27. The van der Waals surface area contributed by atoms with Crippen molar-refractivity contribution in [3.05, 3.63) is 59.7 Å². The van der Waals surface area contributed by atoms with Crippen LogP contribution in [0.2, 0.25) is 0 Å². The molecule has 1 heterocycles. The first-order valence-corrected chi connectivity index (χ1v) is 11.0. The van der Waals surface area contributed by atoms with Gasteiger partial charge >= 0.3 is 0 Å². The predicted molar refractivity (Wildman–Crippen MR) is 134 cm³/mol. The molecule has 0 bridgehead atoms. The standard InChI is InChI=1S/C23H27N3S.HI/c1-17-9-7-11-19(15-17)24-21-23(13-5-4-6-14-23)26(22(25-21)27-3)20-12-8-10-18(2)16-20;/h7-12,15-16H,4-6,13-14H2,1-3H3;1H. The summed E-state index contributed by atoms with van der Waals surface area (Å²) in [4.78, 5) is 12.6. The number of aliphatic imine (C=N–C) groups is 2. The fraction of sp³-hybridized carbons (Fsp3) is 0.391. The van der Waals surface area contributed by atoms with Gasteiger partial charge in [0.15, 0.2) is 11.0 Å². The summed E-state index contributed by atoms with van der Waals surface area (Å²) in [6, 6.07) is 17.2. The number of thioether (sulfide) groups is 1. The predicted octanol–water partition coefficient (Wildman–Crippen LogP) is 6.89. The molecule has 0 radical (unpaired) electrons. The van der Waals surface area contributed by atoms with Gasteiger partial charge in [-0.2, -0.15) is 0 Å². The van der Waals surface area contributed by atoms with Crippen LogP contribution < -0.4 is 4.90 Å². The number of aryl methyl sites for hydroxylation is 2. The van der Waals surface area contributed by atoms with Crippen molar-refractivity contribution in [2.75, 3.05) is 11.2 Å². The Labute approximate surface area is 189 Å². The van der Waals surface area contributed by atoms with Crippen LogP contribution >= 0.6 is 35.7 Å². The first kappa shape index (κ1) is 21.4. The second-order valence-electron chi connectivity index (χ2n) is 7.64. The Morgan fingerprint density at radius 2 is 1.64 bits per heavy atom. The van der Waals surface area contributed by atoms with Crippen molar-refractivity contribution in [2.24, 2.45) is 9.98 Å². The van der Waals surface area contributed by atoms with Gasteiger partial charge in [-0.15, -0.1) is 24.0 Å². The van der Waals surface area contributed by atoms with E-state index >= 15 is 0 Å². The quantitative estimate of drug-likeness (QED) is 0.416. The van der Waals surface area contributed by atoms with E-state index in [1.807, 2.05) is 0 Å². The molecule has 0 unspecified atom stereocenters. The van der Waals surface area contributed by atoms with E-state index in [1.165, 1.54) is 36.1 Å². The molecule has 28 heavy (non-hydrogen) atoms. The van der Waals surface area contributed by atoms with Crippen molar-refractivity contribution >= 4 is 58.1 Å². The van der Waals surface area contributed by atoms with Gasteiger partial charge in [0, 0.05) is 5.69 Å². The van der Waals surface area contributed by atoms with Crippen molar-refractivity contribution in [1.29, 1.82) is 0 Å². The molecule has 3 nitrogen and oxygen atoms in total. The van der Waals surface area contributed by atoms with E-state index in [2.05, 4.69) is 73.5 Å². The minimum atomic E-state index is -0.117. The molecule has 0 aromatic heterocycles. The minimum Gasteiger partial charge on any atom is -0.307 e. The SMILES string of the molecule is CSC1=NC(=Nc2cccc(C)c2)C2(CCCCC2)N1c1cccc(C)c1.I. The highest BCUT2D eigenvalue weighted by molar-refractivity contribution is 14.0. The van der Waals surface area contributed by atoms with E-state index in [1.54, 1.807) is 11.8 Å². The number of rotatable bonds is 2. The zero-order valence-electron chi connectivity index (χ0n) is 16.8. The summed E-state index contributed by atoms with van der Waals surface area (Å²) in [5, 5.41) is 1.06. The molecule has 1 spiro atoms. The molecule has 1 saturated carbocycles. The van der Waals surface area contributed by atoms with Crippen molar-refractivity contribution < 1.29 is 0 Å². The smallest absolute Gasteiger partial charge is 0.170 e. The van der Waals surface area contributed by atoms with E-state index in [0.717, 1.165) is 29.5 Å². The lowest BCUT2D eigenvalue weighted by Crippen LogP contribution is -2.52. The van der Waals surface area contributed by atoms with Gasteiger partial charge in [0.05, 0.1) is 5.69 Å². The van der Waals surface area contributed by atoms with Crippen LogP contribution in [0.15, 0.2) is 58.5 Å². The van der Waals surface area contributed by atoms with E-state index in [4.69, 9.17) is 9.98 Å². The number of halogens is 1. The van der Waals surface area contributed by atoms with Crippen LogP contribution in [0.3, 0.4) is 0 Å². The van der Waals surface area contributed by atoms with Gasteiger partial charge in [-0.3, -0.25) is 0 Å². The zero-order valence-corrected chi connectivity index (χ0v) is 20.0. The third kappa shape index (κ3) is 4.01. The van der Waals surface area contributed by atoms with E-state index in [0.29, 0.717) is 0 Å². The normalized spacial score (nSPS) is 19.6. The lowest BCUT2D eigenvalue weighted by atomic mass is 9.79. The van der Waals surface area contributed by atoms with E-state index < -0.39 is 0 Å². The zero-order chi connectivity index (χ0) is 18.9. The molecule has 1 aliphatic heterocycles. The van der Waals surface area contributed by atoms with Crippen molar-refractivity contribution in [3.8, 4) is 0 Å². The number of benzene rings is 2. The first-order chi connectivity index (χ1) is 13.1. The highest BCUT2D eigenvalue weighted by atomic mass is 127. The number of hydrogen-bond acceptors (Lipinski definition) is 3. The van der Waals surface area contributed by atoms with Gasteiger partial charge in [0.25, 0.3) is 0 Å². The summed E-state index contributed by atoms with van der Waals surface area (Å²) in [6.07, 6.45) is 8.10. The van der Waals surface area contributed by atoms with Gasteiger partial charge in [0.1, 0.15) is 5.54 Å². The van der Waals surface area contributed by atoms with Crippen LogP contribution in [0.4, 0.5) is 11.4 Å². The summed E-state index contributed by atoms with van der Waals surface area (Å²) >= 11 is 1.72. The van der Waals surface area contributed by atoms with Crippen molar-refractivity contribution in [3.63, 3.8) is 0 Å². The topological polar surface area (TPSA) is 28.0 Å². The molecule has 1 aliphatic carbocycles. The first-order valence-electron chi connectivity index (χ1n) is 9.78. The Hall–Kier alpha value is -1.34. The highest BCUT2D eigenvalue weighted by Crippen LogP contribution is 2.44. The van der Waals surface area contributed by atoms with Crippen LogP contribution in [-0.4, -0.2) is 22.8 Å². The monoisotopic (exact) mass is 505 g/mol. The molecular formula is C23H28IN3S. The molecule has 0 amide bonds. The van der Waals surface area contributed by atoms with Gasteiger partial charge < -0.3 is 4.90 Å². The second-order valence-corrected chi connectivity index (χ2v) is 8.41. The van der Waals surface area contributed by atoms with Gasteiger partial charge in [0.2, 0.25) is 0 Å². The molecule has 2 aliphatic rings. The molecular weight excluding hydrogens is 477 g/mol. The third-order valence-corrected chi connectivity index (χ3v) is 6.24. The maximum Gasteiger partial charge on any atom is 0.170 e. The molecule has 0 saturated heterocycles. The Kier molecular flexibility index (Phi) is 6.86. The number of anilines is 1. The fourth-order valence-corrected chi connectivity index (χ4v) is 4.96. The Morgan fingerprint density at radius 3 is 2.29 bits per heavy atom. The fourth-order valence-electron chi connectivity index (χ4n) is 4.32. The summed E-state index contributed by atoms with van der Waals surface area (Å²) in [5.74, 6) is 0.985. The Balaban J connectivity index is 0.00000225. The third-order valence-electron chi connectivity index (χ3n) is 5.60. The highest BCUT2D eigenvalue weighted by Gasteiger charge is 2.49. The average molecular weight is 505 g/mol.